The SMILES string of the molecule is CC(O)C(N(C)CO)S(=O)(=O)O. The van der Waals surface area contributed by atoms with Crippen LogP contribution in [0.2, 0.25) is 0 Å². The van der Waals surface area contributed by atoms with Gasteiger partial charge in [0.2, 0.25) is 0 Å². The third-order valence-corrected chi connectivity index (χ3v) is 2.74. The molecule has 2 atom stereocenters. The minimum atomic E-state index is -4.36. The van der Waals surface area contributed by atoms with Crippen LogP contribution in [0.4, 0.5) is 0 Å². The van der Waals surface area contributed by atoms with Crippen LogP contribution in [-0.4, -0.2) is 53.3 Å². The van der Waals surface area contributed by atoms with Gasteiger partial charge in [-0.05, 0) is 14.0 Å². The molecule has 0 aliphatic carbocycles. The van der Waals surface area contributed by atoms with Gasteiger partial charge in [0, 0.05) is 0 Å². The zero-order valence-electron chi connectivity index (χ0n) is 6.88. The largest absolute Gasteiger partial charge is 0.391 e. The van der Waals surface area contributed by atoms with Crippen LogP contribution >= 0.6 is 0 Å². The molecule has 6 nitrogen and oxygen atoms in total. The zero-order chi connectivity index (χ0) is 9.94. The molecule has 0 aliphatic heterocycles. The molecule has 0 rings (SSSR count). The van der Waals surface area contributed by atoms with Crippen molar-refractivity contribution in [3.8, 4) is 0 Å². The first-order valence-corrected chi connectivity index (χ1v) is 4.76. The van der Waals surface area contributed by atoms with E-state index >= 15 is 0 Å². The Morgan fingerprint density at radius 3 is 2.00 bits per heavy atom. The van der Waals surface area contributed by atoms with Gasteiger partial charge in [-0.1, -0.05) is 0 Å². The van der Waals surface area contributed by atoms with E-state index in [0.29, 0.717) is 0 Å². The summed E-state index contributed by atoms with van der Waals surface area (Å²) in [6.45, 7) is 0.653. The second-order valence-electron chi connectivity index (χ2n) is 2.54. The summed E-state index contributed by atoms with van der Waals surface area (Å²) in [6.07, 6.45) is -1.27. The van der Waals surface area contributed by atoms with Crippen LogP contribution in [0.25, 0.3) is 0 Å². The van der Waals surface area contributed by atoms with Crippen LogP contribution in [0.15, 0.2) is 0 Å². The molecule has 12 heavy (non-hydrogen) atoms. The van der Waals surface area contributed by atoms with E-state index < -0.39 is 28.3 Å². The van der Waals surface area contributed by atoms with Gasteiger partial charge in [-0.2, -0.15) is 8.42 Å². The van der Waals surface area contributed by atoms with Gasteiger partial charge >= 0.3 is 0 Å². The molecule has 0 heterocycles. The minimum Gasteiger partial charge on any atom is -0.391 e. The van der Waals surface area contributed by atoms with Crippen LogP contribution in [0, 0.1) is 0 Å². The zero-order valence-corrected chi connectivity index (χ0v) is 7.69. The molecule has 0 saturated carbocycles. The highest BCUT2D eigenvalue weighted by atomic mass is 32.2. The summed E-state index contributed by atoms with van der Waals surface area (Å²) in [4.78, 5) is 0.917. The Morgan fingerprint density at radius 1 is 1.50 bits per heavy atom. The molecular formula is C5H13NO5S. The van der Waals surface area contributed by atoms with Crippen molar-refractivity contribution in [1.29, 1.82) is 0 Å². The minimum absolute atomic E-state index is 0.560. The number of hydrogen-bond acceptors (Lipinski definition) is 5. The summed E-state index contributed by atoms with van der Waals surface area (Å²) in [5.41, 5.74) is 0. The number of aliphatic hydroxyl groups is 2. The molecular weight excluding hydrogens is 186 g/mol. The van der Waals surface area contributed by atoms with Gasteiger partial charge in [0.1, 0.15) is 0 Å². The summed E-state index contributed by atoms with van der Waals surface area (Å²) >= 11 is 0. The van der Waals surface area contributed by atoms with Gasteiger partial charge in [0.05, 0.1) is 12.8 Å². The Bertz CT molecular complexity index is 224. The Balaban J connectivity index is 4.69. The van der Waals surface area contributed by atoms with Crippen LogP contribution in [0.1, 0.15) is 6.92 Å². The van der Waals surface area contributed by atoms with Crippen molar-refractivity contribution in [1.82, 2.24) is 4.90 Å². The highest BCUT2D eigenvalue weighted by Gasteiger charge is 2.31. The second kappa shape index (κ2) is 4.15. The molecule has 7 heteroatoms. The van der Waals surface area contributed by atoms with Crippen molar-refractivity contribution in [2.24, 2.45) is 0 Å². The number of nitrogens with zero attached hydrogens (tertiary/aromatic N) is 1. The maximum absolute atomic E-state index is 10.6. The Hall–Kier alpha value is -0.210. The van der Waals surface area contributed by atoms with E-state index in [9.17, 15) is 8.42 Å². The predicted molar refractivity (Wildman–Crippen MR) is 41.9 cm³/mol. The topological polar surface area (TPSA) is 98.1 Å². The monoisotopic (exact) mass is 199 g/mol. The molecule has 0 aliphatic rings. The number of rotatable bonds is 4. The molecule has 0 aromatic carbocycles. The summed E-state index contributed by atoms with van der Waals surface area (Å²) < 4.78 is 29.8. The van der Waals surface area contributed by atoms with Gasteiger partial charge in [0.15, 0.2) is 5.37 Å². The molecule has 0 aromatic heterocycles. The highest BCUT2D eigenvalue weighted by Crippen LogP contribution is 2.08. The van der Waals surface area contributed by atoms with Crippen LogP contribution in [0.3, 0.4) is 0 Å². The van der Waals surface area contributed by atoms with Crippen molar-refractivity contribution < 1.29 is 23.2 Å². The average Bonchev–Trinajstić information content (AvgIpc) is 1.83. The van der Waals surface area contributed by atoms with E-state index in [0.717, 1.165) is 4.90 Å². The van der Waals surface area contributed by atoms with E-state index in [1.54, 1.807) is 0 Å². The van der Waals surface area contributed by atoms with E-state index in [2.05, 4.69) is 0 Å². The molecule has 74 valence electrons. The fourth-order valence-electron chi connectivity index (χ4n) is 0.925. The molecule has 0 aromatic rings. The van der Waals surface area contributed by atoms with Gasteiger partial charge in [-0.25, -0.2) is 0 Å². The van der Waals surface area contributed by atoms with Gasteiger partial charge in [-0.3, -0.25) is 9.45 Å². The van der Waals surface area contributed by atoms with Crippen molar-refractivity contribution in [2.75, 3.05) is 13.8 Å². The Morgan fingerprint density at radius 2 is 1.92 bits per heavy atom. The number of hydrogen-bond donors (Lipinski definition) is 3. The first kappa shape index (κ1) is 11.8. The van der Waals surface area contributed by atoms with E-state index in [4.69, 9.17) is 14.8 Å². The first-order chi connectivity index (χ1) is 5.30. The normalized spacial score (nSPS) is 17.8. The molecule has 0 amide bonds. The van der Waals surface area contributed by atoms with Gasteiger partial charge < -0.3 is 10.2 Å². The van der Waals surface area contributed by atoms with Gasteiger partial charge in [0.25, 0.3) is 10.1 Å². The molecule has 0 fully saturated rings. The predicted octanol–water partition coefficient (Wildman–Crippen LogP) is -1.54. The lowest BCUT2D eigenvalue weighted by Gasteiger charge is -2.25. The lowest BCUT2D eigenvalue weighted by molar-refractivity contribution is 0.0550. The average molecular weight is 199 g/mol. The third-order valence-electron chi connectivity index (χ3n) is 1.38. The van der Waals surface area contributed by atoms with Crippen LogP contribution < -0.4 is 0 Å². The lowest BCUT2D eigenvalue weighted by atomic mass is 10.4. The summed E-state index contributed by atoms with van der Waals surface area (Å²) in [7, 11) is -3.09. The van der Waals surface area contributed by atoms with Crippen molar-refractivity contribution in [3.05, 3.63) is 0 Å². The van der Waals surface area contributed by atoms with Crippen molar-refractivity contribution >= 4 is 10.1 Å². The molecule has 3 N–H and O–H groups in total. The van der Waals surface area contributed by atoms with E-state index in [-0.39, 0.29) is 0 Å². The fourth-order valence-corrected chi connectivity index (χ4v) is 1.94. The summed E-state index contributed by atoms with van der Waals surface area (Å²) in [5.74, 6) is 0. The molecule has 0 radical (unpaired) electrons. The van der Waals surface area contributed by atoms with E-state index in [1.807, 2.05) is 0 Å². The highest BCUT2D eigenvalue weighted by molar-refractivity contribution is 7.86. The van der Waals surface area contributed by atoms with Crippen molar-refractivity contribution in [3.63, 3.8) is 0 Å². The second-order valence-corrected chi connectivity index (χ2v) is 4.06. The van der Waals surface area contributed by atoms with E-state index in [1.165, 1.54) is 14.0 Å². The standard InChI is InChI=1S/C5H13NO5S/c1-4(8)5(6(2)3-7)12(9,10)11/h4-5,7-8H,3H2,1-2H3,(H,9,10,11). The third kappa shape index (κ3) is 3.03. The fraction of sp³-hybridized carbons (Fsp3) is 1.00. The van der Waals surface area contributed by atoms with Crippen LogP contribution in [0.5, 0.6) is 0 Å². The van der Waals surface area contributed by atoms with Crippen molar-refractivity contribution in [2.45, 2.75) is 18.4 Å². The first-order valence-electron chi connectivity index (χ1n) is 3.26. The quantitative estimate of drug-likeness (QED) is 0.375. The maximum Gasteiger partial charge on any atom is 0.283 e. The molecule has 0 bridgehead atoms. The van der Waals surface area contributed by atoms with Gasteiger partial charge in [-0.15, -0.1) is 0 Å². The molecule has 0 saturated heterocycles. The Labute approximate surface area is 71.2 Å². The molecule has 2 unspecified atom stereocenters. The smallest absolute Gasteiger partial charge is 0.283 e. The maximum atomic E-state index is 10.6. The summed E-state index contributed by atoms with van der Waals surface area (Å²) in [6, 6.07) is 0. The lowest BCUT2D eigenvalue weighted by Crippen LogP contribution is -2.45. The van der Waals surface area contributed by atoms with Crippen LogP contribution in [-0.2, 0) is 10.1 Å². The number of likely N-dealkylation sites (N-methyl/N-ethyl adjacent to an activating group) is 1. The Kier molecular flexibility index (Phi) is 4.08. The summed E-state index contributed by atoms with van der Waals surface area (Å²) in [5, 5.41) is 16.0. The number of aliphatic hydroxyl groups excluding tert-OH is 2. The molecule has 0 spiro atoms.